The van der Waals surface area contributed by atoms with E-state index in [2.05, 4.69) is 5.32 Å². The summed E-state index contributed by atoms with van der Waals surface area (Å²) in [5.41, 5.74) is 0.498. The number of hydrogen-bond acceptors (Lipinski definition) is 7. The van der Waals surface area contributed by atoms with Gasteiger partial charge in [0.1, 0.15) is 17.7 Å². The van der Waals surface area contributed by atoms with Gasteiger partial charge in [-0.2, -0.15) is 0 Å². The van der Waals surface area contributed by atoms with Crippen molar-refractivity contribution in [3.05, 3.63) is 35.4 Å². The number of ketones is 2. The van der Waals surface area contributed by atoms with Gasteiger partial charge >= 0.3 is 6.03 Å². The van der Waals surface area contributed by atoms with Crippen molar-refractivity contribution in [2.45, 2.75) is 29.0 Å². The summed E-state index contributed by atoms with van der Waals surface area (Å²) in [7, 11) is 3.07. The van der Waals surface area contributed by atoms with Gasteiger partial charge in [-0.25, -0.2) is 9.69 Å². The van der Waals surface area contributed by atoms with Crippen molar-refractivity contribution >= 4 is 35.3 Å². The minimum atomic E-state index is -0.679. The number of hydrogen-bond donors (Lipinski definition) is 1. The minimum absolute atomic E-state index is 0.0730. The van der Waals surface area contributed by atoms with E-state index in [1.807, 2.05) is 4.90 Å². The molecule has 26 heavy (non-hydrogen) atoms. The summed E-state index contributed by atoms with van der Waals surface area (Å²) in [4.78, 5) is 55.4. The molecule has 1 aromatic rings. The van der Waals surface area contributed by atoms with E-state index in [-0.39, 0.29) is 23.0 Å². The van der Waals surface area contributed by atoms with Gasteiger partial charge in [-0.3, -0.25) is 24.6 Å². The Morgan fingerprint density at radius 2 is 1.65 bits per heavy atom. The maximum atomic E-state index is 13.2. The lowest BCUT2D eigenvalue weighted by Gasteiger charge is -2.43. The van der Waals surface area contributed by atoms with Crippen LogP contribution in [0.3, 0.4) is 0 Å². The lowest BCUT2D eigenvalue weighted by molar-refractivity contribution is -0.134. The Balaban J connectivity index is 1.59. The zero-order valence-electron chi connectivity index (χ0n) is 14.1. The zero-order chi connectivity index (χ0) is 18.3. The predicted octanol–water partition coefficient (Wildman–Crippen LogP) is -0.0431. The molecule has 134 valence electrons. The van der Waals surface area contributed by atoms with Crippen LogP contribution in [0.1, 0.15) is 20.7 Å². The lowest BCUT2D eigenvalue weighted by Crippen LogP contribution is -2.67. The summed E-state index contributed by atoms with van der Waals surface area (Å²) < 4.78 is 0. The third-order valence-electron chi connectivity index (χ3n) is 5.65. The van der Waals surface area contributed by atoms with Gasteiger partial charge in [-0.1, -0.05) is 24.3 Å². The number of fused-ring (bicyclic) bond motifs is 6. The van der Waals surface area contributed by atoms with Crippen molar-refractivity contribution in [2.24, 2.45) is 0 Å². The number of benzene rings is 1. The number of imide groups is 1. The fourth-order valence-corrected chi connectivity index (χ4v) is 5.97. The van der Waals surface area contributed by atoms with Gasteiger partial charge in [0.2, 0.25) is 0 Å². The molecule has 4 aliphatic rings. The second-order valence-electron chi connectivity index (χ2n) is 6.92. The number of carbonyl (C=O) groups excluding carboxylic acids is 4. The highest BCUT2D eigenvalue weighted by Gasteiger charge is 2.63. The van der Waals surface area contributed by atoms with E-state index < -0.39 is 29.5 Å². The van der Waals surface area contributed by atoms with E-state index in [1.54, 1.807) is 31.3 Å². The largest absolute Gasteiger partial charge is 0.327 e. The number of nitrogens with zero attached hydrogens (tertiary/aromatic N) is 3. The third kappa shape index (κ3) is 1.77. The molecule has 1 N–H and O–H groups in total. The van der Waals surface area contributed by atoms with Crippen LogP contribution in [0.25, 0.3) is 0 Å². The van der Waals surface area contributed by atoms with E-state index >= 15 is 0 Å². The Bertz CT molecular complexity index is 889. The predicted molar refractivity (Wildman–Crippen MR) is 92.5 cm³/mol. The first-order valence-corrected chi connectivity index (χ1v) is 9.27. The van der Waals surface area contributed by atoms with Gasteiger partial charge in [0.25, 0.3) is 5.91 Å². The SMILES string of the molecule is CN1C(=O)C2NC3SC4C(=O)c5ccccc5C(=O)C4N3C2N(C)C1=O. The topological polar surface area (TPSA) is 90.0 Å². The molecule has 5 atom stereocenters. The van der Waals surface area contributed by atoms with E-state index in [9.17, 15) is 19.2 Å². The summed E-state index contributed by atoms with van der Waals surface area (Å²) in [5.74, 6) is -0.523. The quantitative estimate of drug-likeness (QED) is 0.683. The first-order valence-electron chi connectivity index (χ1n) is 8.32. The number of carbonyl (C=O) groups is 4. The molecule has 9 heteroatoms. The molecule has 0 saturated carbocycles. The van der Waals surface area contributed by atoms with Crippen molar-refractivity contribution in [3.63, 3.8) is 0 Å². The summed E-state index contributed by atoms with van der Waals surface area (Å²) in [5, 5.41) is 2.68. The monoisotopic (exact) mass is 372 g/mol. The summed E-state index contributed by atoms with van der Waals surface area (Å²) >= 11 is 1.35. The molecule has 1 aliphatic carbocycles. The van der Waals surface area contributed by atoms with Crippen molar-refractivity contribution in [2.75, 3.05) is 14.1 Å². The fraction of sp³-hybridized carbons (Fsp3) is 0.412. The molecule has 1 aromatic carbocycles. The Kier molecular flexibility index (Phi) is 3.17. The van der Waals surface area contributed by atoms with Crippen LogP contribution in [0.4, 0.5) is 4.79 Å². The number of thioether (sulfide) groups is 1. The van der Waals surface area contributed by atoms with E-state index in [1.165, 1.54) is 23.7 Å². The van der Waals surface area contributed by atoms with Crippen molar-refractivity contribution in [1.29, 1.82) is 0 Å². The highest BCUT2D eigenvalue weighted by atomic mass is 32.2. The van der Waals surface area contributed by atoms with Crippen LogP contribution in [0.2, 0.25) is 0 Å². The van der Waals surface area contributed by atoms with Crippen LogP contribution >= 0.6 is 11.8 Å². The van der Waals surface area contributed by atoms with Crippen molar-refractivity contribution in [3.8, 4) is 0 Å². The maximum Gasteiger partial charge on any atom is 0.327 e. The van der Waals surface area contributed by atoms with Crippen LogP contribution < -0.4 is 5.32 Å². The first kappa shape index (κ1) is 16.0. The van der Waals surface area contributed by atoms with Gasteiger partial charge in [-0.15, -0.1) is 11.8 Å². The Hall–Kier alpha value is -2.23. The zero-order valence-corrected chi connectivity index (χ0v) is 14.9. The molecule has 5 unspecified atom stereocenters. The van der Waals surface area contributed by atoms with Gasteiger partial charge < -0.3 is 4.90 Å². The molecule has 8 nitrogen and oxygen atoms in total. The van der Waals surface area contributed by atoms with Crippen LogP contribution in [0.5, 0.6) is 0 Å². The highest BCUT2D eigenvalue weighted by molar-refractivity contribution is 8.01. The third-order valence-corrected chi connectivity index (χ3v) is 7.05. The van der Waals surface area contributed by atoms with Crippen molar-refractivity contribution < 1.29 is 19.2 Å². The van der Waals surface area contributed by atoms with Crippen LogP contribution in [-0.4, -0.2) is 81.3 Å². The Morgan fingerprint density at radius 3 is 2.35 bits per heavy atom. The van der Waals surface area contributed by atoms with Gasteiger partial charge in [0, 0.05) is 25.2 Å². The van der Waals surface area contributed by atoms with E-state index in [0.29, 0.717) is 11.1 Å². The molecule has 5 rings (SSSR count). The molecule has 0 radical (unpaired) electrons. The summed E-state index contributed by atoms with van der Waals surface area (Å²) in [6, 6.07) is 5.13. The summed E-state index contributed by atoms with van der Waals surface area (Å²) in [6.07, 6.45) is -0.583. The number of likely N-dealkylation sites (N-methyl/N-ethyl adjacent to an activating group) is 2. The van der Waals surface area contributed by atoms with Crippen LogP contribution in [-0.2, 0) is 4.79 Å². The maximum absolute atomic E-state index is 13.2. The summed E-state index contributed by atoms with van der Waals surface area (Å²) in [6.45, 7) is 0. The van der Waals surface area contributed by atoms with Crippen LogP contribution in [0.15, 0.2) is 24.3 Å². The molecule has 3 fully saturated rings. The molecular formula is C17H16N4O4S. The average molecular weight is 372 g/mol. The van der Waals surface area contributed by atoms with Gasteiger partial charge in [-0.05, 0) is 0 Å². The smallest absolute Gasteiger partial charge is 0.309 e. The molecule has 3 aliphatic heterocycles. The molecule has 3 saturated heterocycles. The molecule has 0 aromatic heterocycles. The Morgan fingerprint density at radius 1 is 1.00 bits per heavy atom. The minimum Gasteiger partial charge on any atom is -0.309 e. The number of nitrogens with one attached hydrogen (secondary N) is 1. The first-order chi connectivity index (χ1) is 12.4. The second-order valence-corrected chi connectivity index (χ2v) is 8.15. The second kappa shape index (κ2) is 5.15. The fourth-order valence-electron chi connectivity index (χ4n) is 4.40. The normalized spacial score (nSPS) is 36.2. The lowest BCUT2D eigenvalue weighted by atomic mass is 9.85. The number of amides is 3. The van der Waals surface area contributed by atoms with Crippen LogP contribution in [0, 0.1) is 0 Å². The number of urea groups is 1. The number of rotatable bonds is 0. The van der Waals surface area contributed by atoms with Gasteiger partial charge in [0.15, 0.2) is 11.6 Å². The number of Topliss-reactive ketones (excluding diaryl/α,β-unsaturated/α-hetero) is 2. The van der Waals surface area contributed by atoms with Crippen molar-refractivity contribution in [1.82, 2.24) is 20.0 Å². The molecule has 0 spiro atoms. The van der Waals surface area contributed by atoms with E-state index in [0.717, 1.165) is 4.90 Å². The highest BCUT2D eigenvalue weighted by Crippen LogP contribution is 2.46. The molecule has 3 heterocycles. The standard InChI is InChI=1S/C17H16N4O4S/c1-19-14-9(15(24)20(2)17(19)25)18-16-21(14)10-11(22)7-5-3-4-6-8(7)12(23)13(10)26-16/h3-6,9-10,13-14,16,18H,1-2H3. The molecule has 3 amide bonds. The van der Waals surface area contributed by atoms with E-state index in [4.69, 9.17) is 0 Å². The average Bonchev–Trinajstić information content (AvgIpc) is 3.19. The molecule has 0 bridgehead atoms. The molecular weight excluding hydrogens is 356 g/mol. The van der Waals surface area contributed by atoms with Gasteiger partial charge in [0.05, 0.1) is 11.3 Å². The Labute approximate surface area is 153 Å².